The molecule has 1 heterocycles. The van der Waals surface area contributed by atoms with Gasteiger partial charge in [0.15, 0.2) is 0 Å². The van der Waals surface area contributed by atoms with Crippen LogP contribution in [0.4, 0.5) is 4.39 Å². The minimum atomic E-state index is -0.205. The molecule has 0 amide bonds. The van der Waals surface area contributed by atoms with E-state index in [4.69, 9.17) is 0 Å². The molecule has 4 heteroatoms. The van der Waals surface area contributed by atoms with Crippen molar-refractivity contribution in [3.05, 3.63) is 64.1 Å². The van der Waals surface area contributed by atoms with E-state index in [2.05, 4.69) is 26.2 Å². The highest BCUT2D eigenvalue weighted by atomic mass is 79.9. The van der Waals surface area contributed by atoms with E-state index in [0.29, 0.717) is 0 Å². The minimum absolute atomic E-state index is 0.205. The number of nitrogens with one attached hydrogen (secondary N) is 1. The third-order valence-corrected chi connectivity index (χ3v) is 3.50. The van der Waals surface area contributed by atoms with Crippen molar-refractivity contribution in [2.45, 2.75) is 18.9 Å². The van der Waals surface area contributed by atoms with Gasteiger partial charge in [-0.25, -0.2) is 4.39 Å². The minimum Gasteiger partial charge on any atom is -0.316 e. The Morgan fingerprint density at radius 3 is 2.47 bits per heavy atom. The number of hydrogen-bond acceptors (Lipinski definition) is 2. The molecule has 19 heavy (non-hydrogen) atoms. The van der Waals surface area contributed by atoms with Crippen molar-refractivity contribution < 1.29 is 4.39 Å². The van der Waals surface area contributed by atoms with Crippen LogP contribution in [-0.4, -0.2) is 18.1 Å². The maximum Gasteiger partial charge on any atom is 0.124 e. The first-order valence-electron chi connectivity index (χ1n) is 6.18. The molecule has 2 nitrogen and oxygen atoms in total. The lowest BCUT2D eigenvalue weighted by atomic mass is 10.00. The van der Waals surface area contributed by atoms with Crippen molar-refractivity contribution >= 4 is 15.9 Å². The summed E-state index contributed by atoms with van der Waals surface area (Å²) in [7, 11) is 1.93. The first kappa shape index (κ1) is 14.2. The number of hydrogen-bond donors (Lipinski definition) is 1. The molecule has 2 rings (SSSR count). The Morgan fingerprint density at radius 1 is 1.16 bits per heavy atom. The summed E-state index contributed by atoms with van der Waals surface area (Å²) in [6.07, 6.45) is 5.27. The summed E-state index contributed by atoms with van der Waals surface area (Å²) in [5.41, 5.74) is 2.21. The van der Waals surface area contributed by atoms with Crippen molar-refractivity contribution in [3.63, 3.8) is 0 Å². The highest BCUT2D eigenvalue weighted by molar-refractivity contribution is 9.10. The number of nitrogens with zero attached hydrogens (tertiary/aromatic N) is 1. The number of rotatable bonds is 5. The fraction of sp³-hybridized carbons (Fsp3) is 0.267. The normalized spacial score (nSPS) is 12.4. The maximum atomic E-state index is 13.4. The molecule has 1 unspecified atom stereocenters. The maximum absolute atomic E-state index is 13.4. The second kappa shape index (κ2) is 6.78. The Morgan fingerprint density at radius 2 is 1.84 bits per heavy atom. The molecular weight excluding hydrogens is 307 g/mol. The standard InChI is InChI=1S/C15H16BrFN2/c1-18-15(8-11-2-4-19-5-3-11)9-12-6-13(16)10-14(17)7-12/h2-7,10,15,18H,8-9H2,1H3. The van der Waals surface area contributed by atoms with Gasteiger partial charge in [-0.05, 0) is 61.3 Å². The molecule has 1 aromatic carbocycles. The average molecular weight is 323 g/mol. The van der Waals surface area contributed by atoms with Crippen molar-refractivity contribution in [1.82, 2.24) is 10.3 Å². The van der Waals surface area contributed by atoms with Crippen LogP contribution in [0, 0.1) is 5.82 Å². The topological polar surface area (TPSA) is 24.9 Å². The molecule has 0 spiro atoms. The van der Waals surface area contributed by atoms with E-state index in [1.54, 1.807) is 18.5 Å². The van der Waals surface area contributed by atoms with Crippen LogP contribution in [0.3, 0.4) is 0 Å². The predicted octanol–water partition coefficient (Wildman–Crippen LogP) is 3.36. The van der Waals surface area contributed by atoms with Crippen LogP contribution in [-0.2, 0) is 12.8 Å². The number of likely N-dealkylation sites (N-methyl/N-ethyl adjacent to an activating group) is 1. The van der Waals surface area contributed by atoms with E-state index in [0.717, 1.165) is 22.9 Å². The number of benzene rings is 1. The van der Waals surface area contributed by atoms with E-state index in [-0.39, 0.29) is 11.9 Å². The van der Waals surface area contributed by atoms with E-state index in [9.17, 15) is 4.39 Å². The largest absolute Gasteiger partial charge is 0.316 e. The molecule has 0 aliphatic rings. The molecule has 0 aliphatic carbocycles. The van der Waals surface area contributed by atoms with Crippen LogP contribution in [0.5, 0.6) is 0 Å². The summed E-state index contributed by atoms with van der Waals surface area (Å²) in [6.45, 7) is 0. The molecule has 0 bridgehead atoms. The quantitative estimate of drug-likeness (QED) is 0.913. The SMILES string of the molecule is CNC(Cc1ccncc1)Cc1cc(F)cc(Br)c1. The van der Waals surface area contributed by atoms with Gasteiger partial charge in [0.05, 0.1) is 0 Å². The second-order valence-corrected chi connectivity index (χ2v) is 5.44. The Balaban J connectivity index is 2.06. The second-order valence-electron chi connectivity index (χ2n) is 4.53. The van der Waals surface area contributed by atoms with Gasteiger partial charge in [-0.2, -0.15) is 0 Å². The number of pyridine rings is 1. The Bertz CT molecular complexity index is 511. The van der Waals surface area contributed by atoms with Gasteiger partial charge in [0.25, 0.3) is 0 Å². The fourth-order valence-electron chi connectivity index (χ4n) is 2.09. The Hall–Kier alpha value is -1.26. The lowest BCUT2D eigenvalue weighted by Crippen LogP contribution is -2.29. The third kappa shape index (κ3) is 4.40. The van der Waals surface area contributed by atoms with E-state index in [1.807, 2.05) is 25.2 Å². The highest BCUT2D eigenvalue weighted by Crippen LogP contribution is 2.17. The van der Waals surface area contributed by atoms with Crippen molar-refractivity contribution in [1.29, 1.82) is 0 Å². The van der Waals surface area contributed by atoms with Gasteiger partial charge >= 0.3 is 0 Å². The first-order chi connectivity index (χ1) is 9.17. The van der Waals surface area contributed by atoms with E-state index in [1.165, 1.54) is 11.6 Å². The fourth-order valence-corrected chi connectivity index (χ4v) is 2.61. The van der Waals surface area contributed by atoms with Gasteiger partial charge in [-0.3, -0.25) is 4.98 Å². The van der Waals surface area contributed by atoms with Crippen LogP contribution in [0.2, 0.25) is 0 Å². The molecule has 0 saturated heterocycles. The van der Waals surface area contributed by atoms with Crippen molar-refractivity contribution in [2.24, 2.45) is 0 Å². The molecular formula is C15H16BrFN2. The summed E-state index contributed by atoms with van der Waals surface area (Å²) < 4.78 is 14.1. The molecule has 100 valence electrons. The van der Waals surface area contributed by atoms with Crippen LogP contribution >= 0.6 is 15.9 Å². The first-order valence-corrected chi connectivity index (χ1v) is 6.98. The summed E-state index contributed by atoms with van der Waals surface area (Å²) in [5, 5.41) is 3.28. The molecule has 0 radical (unpaired) electrons. The van der Waals surface area contributed by atoms with Gasteiger partial charge in [-0.15, -0.1) is 0 Å². The molecule has 0 saturated carbocycles. The molecule has 2 aromatic rings. The molecule has 0 fully saturated rings. The number of aromatic nitrogens is 1. The summed E-state index contributed by atoms with van der Waals surface area (Å²) in [6, 6.07) is 9.30. The Kier molecular flexibility index (Phi) is 5.05. The van der Waals surface area contributed by atoms with Gasteiger partial charge < -0.3 is 5.32 Å². The lowest BCUT2D eigenvalue weighted by Gasteiger charge is -2.16. The van der Waals surface area contributed by atoms with E-state index < -0.39 is 0 Å². The van der Waals surface area contributed by atoms with Crippen LogP contribution in [0.15, 0.2) is 47.2 Å². The summed E-state index contributed by atoms with van der Waals surface area (Å²) in [5.74, 6) is -0.205. The van der Waals surface area contributed by atoms with Crippen LogP contribution in [0.1, 0.15) is 11.1 Å². The zero-order valence-electron chi connectivity index (χ0n) is 10.7. The average Bonchev–Trinajstić information content (AvgIpc) is 2.38. The van der Waals surface area contributed by atoms with Gasteiger partial charge in [0.1, 0.15) is 5.82 Å². The van der Waals surface area contributed by atoms with Crippen LogP contribution < -0.4 is 5.32 Å². The zero-order valence-corrected chi connectivity index (χ0v) is 12.3. The smallest absolute Gasteiger partial charge is 0.124 e. The van der Waals surface area contributed by atoms with Gasteiger partial charge in [0, 0.05) is 22.9 Å². The molecule has 1 atom stereocenters. The lowest BCUT2D eigenvalue weighted by molar-refractivity contribution is 0.552. The van der Waals surface area contributed by atoms with Gasteiger partial charge in [-0.1, -0.05) is 15.9 Å². The number of halogens is 2. The Labute approximate surface area is 121 Å². The summed E-state index contributed by atoms with van der Waals surface area (Å²) in [4.78, 5) is 4.01. The van der Waals surface area contributed by atoms with Crippen molar-refractivity contribution in [3.8, 4) is 0 Å². The highest BCUT2D eigenvalue weighted by Gasteiger charge is 2.09. The van der Waals surface area contributed by atoms with Gasteiger partial charge in [0.2, 0.25) is 0 Å². The summed E-state index contributed by atoms with van der Waals surface area (Å²) >= 11 is 3.32. The van der Waals surface area contributed by atoms with E-state index >= 15 is 0 Å². The van der Waals surface area contributed by atoms with Crippen molar-refractivity contribution in [2.75, 3.05) is 7.05 Å². The monoisotopic (exact) mass is 322 g/mol. The third-order valence-electron chi connectivity index (χ3n) is 3.04. The van der Waals surface area contributed by atoms with Crippen LogP contribution in [0.25, 0.3) is 0 Å². The molecule has 1 N–H and O–H groups in total. The molecule has 1 aromatic heterocycles. The molecule has 0 aliphatic heterocycles. The predicted molar refractivity (Wildman–Crippen MR) is 78.6 cm³/mol. The zero-order chi connectivity index (χ0) is 13.7.